The number of anilines is 1. The van der Waals surface area contributed by atoms with Gasteiger partial charge >= 0.3 is 0 Å². The Bertz CT molecular complexity index is 406. The van der Waals surface area contributed by atoms with Crippen molar-refractivity contribution >= 4 is 5.69 Å². The number of hydrogen-bond acceptors (Lipinski definition) is 3. The van der Waals surface area contributed by atoms with Crippen LogP contribution in [0.1, 0.15) is 38.2 Å². The first-order valence-electron chi connectivity index (χ1n) is 8.04. The Balaban J connectivity index is 1.42. The van der Waals surface area contributed by atoms with Crippen molar-refractivity contribution in [2.24, 2.45) is 0 Å². The Morgan fingerprint density at radius 1 is 1.15 bits per heavy atom. The third kappa shape index (κ3) is 3.33. The molecule has 0 atom stereocenters. The fourth-order valence-electron chi connectivity index (χ4n) is 3.17. The van der Waals surface area contributed by atoms with Crippen molar-refractivity contribution in [1.82, 2.24) is 5.32 Å². The maximum atomic E-state index is 5.59. The summed E-state index contributed by atoms with van der Waals surface area (Å²) in [7, 11) is 0. The monoisotopic (exact) mass is 274 g/mol. The molecule has 0 radical (unpaired) electrons. The number of hydrogen-bond donors (Lipinski definition) is 1. The summed E-state index contributed by atoms with van der Waals surface area (Å²) in [6.07, 6.45) is 5.51. The second kappa shape index (κ2) is 6.59. The SMILES string of the molecule is CCOC1CC(NCc2ccc(N3CCCC3)cc2)C1. The van der Waals surface area contributed by atoms with Crippen LogP contribution in [0.5, 0.6) is 0 Å². The van der Waals surface area contributed by atoms with Gasteiger partial charge < -0.3 is 15.0 Å². The molecular weight excluding hydrogens is 248 g/mol. The number of nitrogens with one attached hydrogen (secondary N) is 1. The molecule has 1 saturated heterocycles. The zero-order valence-electron chi connectivity index (χ0n) is 12.5. The topological polar surface area (TPSA) is 24.5 Å². The molecule has 0 aromatic heterocycles. The third-order valence-corrected chi connectivity index (χ3v) is 4.50. The highest BCUT2D eigenvalue weighted by Crippen LogP contribution is 2.24. The first-order chi connectivity index (χ1) is 9.85. The lowest BCUT2D eigenvalue weighted by Gasteiger charge is -2.35. The number of nitrogens with zero attached hydrogens (tertiary/aromatic N) is 1. The van der Waals surface area contributed by atoms with Crippen LogP contribution in [0.3, 0.4) is 0 Å². The van der Waals surface area contributed by atoms with Crippen LogP contribution in [-0.2, 0) is 11.3 Å². The van der Waals surface area contributed by atoms with Gasteiger partial charge in [-0.3, -0.25) is 0 Å². The van der Waals surface area contributed by atoms with Gasteiger partial charge in [-0.15, -0.1) is 0 Å². The molecule has 0 unspecified atom stereocenters. The van der Waals surface area contributed by atoms with Gasteiger partial charge in [-0.25, -0.2) is 0 Å². The molecule has 1 aromatic carbocycles. The minimum Gasteiger partial charge on any atom is -0.378 e. The Hall–Kier alpha value is -1.06. The molecule has 1 aliphatic carbocycles. The Kier molecular flexibility index (Phi) is 4.58. The van der Waals surface area contributed by atoms with Crippen LogP contribution in [0.25, 0.3) is 0 Å². The smallest absolute Gasteiger partial charge is 0.0604 e. The molecule has 0 spiro atoms. The van der Waals surface area contributed by atoms with E-state index in [-0.39, 0.29) is 0 Å². The Morgan fingerprint density at radius 2 is 1.85 bits per heavy atom. The summed E-state index contributed by atoms with van der Waals surface area (Å²) in [4.78, 5) is 2.48. The summed E-state index contributed by atoms with van der Waals surface area (Å²) in [5.41, 5.74) is 2.76. The number of benzene rings is 1. The van der Waals surface area contributed by atoms with Crippen LogP contribution in [0, 0.1) is 0 Å². The first kappa shape index (κ1) is 13.9. The molecule has 1 aliphatic heterocycles. The lowest BCUT2D eigenvalue weighted by molar-refractivity contribution is -0.0102. The average Bonchev–Trinajstić information content (AvgIpc) is 2.96. The second-order valence-corrected chi connectivity index (χ2v) is 5.99. The van der Waals surface area contributed by atoms with E-state index in [1.165, 1.54) is 50.0 Å². The lowest BCUT2D eigenvalue weighted by Crippen LogP contribution is -2.45. The van der Waals surface area contributed by atoms with Crippen LogP contribution in [0.15, 0.2) is 24.3 Å². The van der Waals surface area contributed by atoms with Gasteiger partial charge in [0, 0.05) is 38.0 Å². The van der Waals surface area contributed by atoms with E-state index >= 15 is 0 Å². The fraction of sp³-hybridized carbons (Fsp3) is 0.647. The van der Waals surface area contributed by atoms with Crippen LogP contribution in [-0.4, -0.2) is 31.8 Å². The lowest BCUT2D eigenvalue weighted by atomic mass is 9.89. The molecular formula is C17H26N2O. The minimum atomic E-state index is 0.495. The van der Waals surface area contributed by atoms with Gasteiger partial charge in [0.15, 0.2) is 0 Å². The van der Waals surface area contributed by atoms with E-state index in [1.807, 2.05) is 0 Å². The molecule has 0 bridgehead atoms. The minimum absolute atomic E-state index is 0.495. The van der Waals surface area contributed by atoms with Gasteiger partial charge in [-0.1, -0.05) is 12.1 Å². The summed E-state index contributed by atoms with van der Waals surface area (Å²) in [5.74, 6) is 0. The summed E-state index contributed by atoms with van der Waals surface area (Å²) in [6.45, 7) is 6.33. The molecule has 20 heavy (non-hydrogen) atoms. The summed E-state index contributed by atoms with van der Waals surface area (Å²) in [6, 6.07) is 9.71. The van der Waals surface area contributed by atoms with Gasteiger partial charge in [-0.2, -0.15) is 0 Å². The third-order valence-electron chi connectivity index (χ3n) is 4.50. The van der Waals surface area contributed by atoms with Crippen molar-refractivity contribution in [1.29, 1.82) is 0 Å². The molecule has 1 heterocycles. The molecule has 3 nitrogen and oxygen atoms in total. The van der Waals surface area contributed by atoms with Gasteiger partial charge in [-0.05, 0) is 50.3 Å². The zero-order valence-corrected chi connectivity index (χ0v) is 12.5. The number of ether oxygens (including phenoxy) is 1. The van der Waals surface area contributed by atoms with Gasteiger partial charge in [0.05, 0.1) is 6.10 Å². The molecule has 1 saturated carbocycles. The van der Waals surface area contributed by atoms with Crippen LogP contribution < -0.4 is 10.2 Å². The van der Waals surface area contributed by atoms with E-state index in [0.717, 1.165) is 13.2 Å². The van der Waals surface area contributed by atoms with Gasteiger partial charge in [0.1, 0.15) is 0 Å². The predicted molar refractivity (Wildman–Crippen MR) is 83.2 cm³/mol. The zero-order chi connectivity index (χ0) is 13.8. The van der Waals surface area contributed by atoms with Crippen molar-refractivity contribution in [3.63, 3.8) is 0 Å². The summed E-state index contributed by atoms with van der Waals surface area (Å²) >= 11 is 0. The molecule has 3 heteroatoms. The quantitative estimate of drug-likeness (QED) is 0.863. The van der Waals surface area contributed by atoms with E-state index in [0.29, 0.717) is 12.1 Å². The highest BCUT2D eigenvalue weighted by Gasteiger charge is 2.28. The summed E-state index contributed by atoms with van der Waals surface area (Å²) in [5, 5.41) is 3.62. The van der Waals surface area contributed by atoms with Crippen LogP contribution >= 0.6 is 0 Å². The molecule has 110 valence electrons. The van der Waals surface area contributed by atoms with Crippen LogP contribution in [0.4, 0.5) is 5.69 Å². The Morgan fingerprint density at radius 3 is 2.50 bits per heavy atom. The maximum absolute atomic E-state index is 5.59. The van der Waals surface area contributed by atoms with E-state index in [1.54, 1.807) is 0 Å². The van der Waals surface area contributed by atoms with Crippen molar-refractivity contribution < 1.29 is 4.74 Å². The fourth-order valence-corrected chi connectivity index (χ4v) is 3.17. The molecule has 2 fully saturated rings. The number of rotatable bonds is 6. The maximum Gasteiger partial charge on any atom is 0.0604 e. The highest BCUT2D eigenvalue weighted by atomic mass is 16.5. The van der Waals surface area contributed by atoms with Crippen molar-refractivity contribution in [3.8, 4) is 0 Å². The summed E-state index contributed by atoms with van der Waals surface area (Å²) < 4.78 is 5.59. The van der Waals surface area contributed by atoms with Gasteiger partial charge in [0.25, 0.3) is 0 Å². The Labute approximate surface area is 122 Å². The van der Waals surface area contributed by atoms with E-state index in [4.69, 9.17) is 4.74 Å². The normalized spacial score (nSPS) is 25.8. The molecule has 1 aromatic rings. The first-order valence-corrected chi connectivity index (χ1v) is 8.04. The van der Waals surface area contributed by atoms with Crippen molar-refractivity contribution in [2.45, 2.75) is 51.3 Å². The second-order valence-electron chi connectivity index (χ2n) is 5.99. The van der Waals surface area contributed by atoms with Gasteiger partial charge in [0.2, 0.25) is 0 Å². The molecule has 1 N–H and O–H groups in total. The molecule has 3 rings (SSSR count). The van der Waals surface area contributed by atoms with Crippen molar-refractivity contribution in [2.75, 3.05) is 24.6 Å². The molecule has 0 amide bonds. The van der Waals surface area contributed by atoms with Crippen LogP contribution in [0.2, 0.25) is 0 Å². The van der Waals surface area contributed by atoms with E-state index in [9.17, 15) is 0 Å². The highest BCUT2D eigenvalue weighted by molar-refractivity contribution is 5.48. The molecule has 2 aliphatic rings. The largest absolute Gasteiger partial charge is 0.378 e. The average molecular weight is 274 g/mol. The van der Waals surface area contributed by atoms with E-state index < -0.39 is 0 Å². The van der Waals surface area contributed by atoms with E-state index in [2.05, 4.69) is 41.4 Å². The van der Waals surface area contributed by atoms with Crippen molar-refractivity contribution in [3.05, 3.63) is 29.8 Å². The predicted octanol–water partition coefficient (Wildman–Crippen LogP) is 2.94. The standard InChI is InChI=1S/C17H26N2O/c1-2-20-17-11-15(12-17)18-13-14-5-7-16(8-6-14)19-9-3-4-10-19/h5-8,15,17-18H,2-4,9-13H2,1H3.